The molecule has 0 saturated heterocycles. The van der Waals surface area contributed by atoms with Gasteiger partial charge in [0.1, 0.15) is 0 Å². The molecule has 0 aliphatic rings. The highest BCUT2D eigenvalue weighted by molar-refractivity contribution is 9.09. The first-order valence-corrected chi connectivity index (χ1v) is 5.91. The third kappa shape index (κ3) is 4.26. The molecule has 1 atom stereocenters. The number of nitriles is 1. The summed E-state index contributed by atoms with van der Waals surface area (Å²) >= 11 is 3.34. The number of hydrogen-bond acceptors (Lipinski definition) is 2. The summed E-state index contributed by atoms with van der Waals surface area (Å²) in [5.74, 6) is 0. The maximum absolute atomic E-state index is 8.56. The summed E-state index contributed by atoms with van der Waals surface area (Å²) in [4.78, 5) is 4.34. The number of rotatable bonds is 4. The van der Waals surface area contributed by atoms with Gasteiger partial charge in [0.25, 0.3) is 0 Å². The average Bonchev–Trinajstić information content (AvgIpc) is 2.26. The molecule has 0 amide bonds. The molecule has 2 nitrogen and oxygen atoms in total. The van der Waals surface area contributed by atoms with Gasteiger partial charge in [0, 0.05) is 11.5 Å². The molecule has 3 heteroatoms. The molecule has 0 N–H and O–H groups in total. The Morgan fingerprint density at radius 1 is 1.47 bits per heavy atom. The predicted octanol–water partition coefficient (Wildman–Crippen LogP) is 3.09. The SMILES string of the molecule is Cc1ccc(C=NC(CBr)CC#N)cc1. The summed E-state index contributed by atoms with van der Waals surface area (Å²) in [5.41, 5.74) is 2.31. The molecular weight excluding hydrogens is 252 g/mol. The third-order valence-electron chi connectivity index (χ3n) is 2.02. The minimum atomic E-state index is 0.0521. The van der Waals surface area contributed by atoms with Gasteiger partial charge in [0.15, 0.2) is 0 Å². The van der Waals surface area contributed by atoms with Crippen molar-refractivity contribution < 1.29 is 0 Å². The Morgan fingerprint density at radius 2 is 2.13 bits per heavy atom. The zero-order chi connectivity index (χ0) is 11.1. The highest BCUT2D eigenvalue weighted by Crippen LogP contribution is 2.04. The van der Waals surface area contributed by atoms with Crippen LogP contribution < -0.4 is 0 Å². The predicted molar refractivity (Wildman–Crippen MR) is 66.6 cm³/mol. The number of aryl methyl sites for hydroxylation is 1. The summed E-state index contributed by atoms with van der Waals surface area (Å²) in [6.45, 7) is 2.05. The van der Waals surface area contributed by atoms with Crippen LogP contribution in [-0.4, -0.2) is 17.6 Å². The average molecular weight is 265 g/mol. The number of benzene rings is 1. The Hall–Kier alpha value is -1.14. The molecule has 0 aromatic heterocycles. The van der Waals surface area contributed by atoms with Crippen LogP contribution in [0.25, 0.3) is 0 Å². The zero-order valence-corrected chi connectivity index (χ0v) is 10.2. The fraction of sp³-hybridized carbons (Fsp3) is 0.333. The van der Waals surface area contributed by atoms with Crippen molar-refractivity contribution in [2.24, 2.45) is 4.99 Å². The molecule has 1 aromatic carbocycles. The fourth-order valence-electron chi connectivity index (χ4n) is 1.10. The van der Waals surface area contributed by atoms with E-state index in [1.54, 1.807) is 0 Å². The topological polar surface area (TPSA) is 36.1 Å². The lowest BCUT2D eigenvalue weighted by molar-refractivity contribution is 0.787. The number of nitrogens with zero attached hydrogens (tertiary/aromatic N) is 2. The van der Waals surface area contributed by atoms with Gasteiger partial charge in [-0.25, -0.2) is 0 Å². The normalized spacial score (nSPS) is 12.6. The van der Waals surface area contributed by atoms with Crippen LogP contribution >= 0.6 is 15.9 Å². The first-order chi connectivity index (χ1) is 7.26. The number of aliphatic imine (C=N–C) groups is 1. The van der Waals surface area contributed by atoms with E-state index in [0.29, 0.717) is 6.42 Å². The van der Waals surface area contributed by atoms with E-state index in [9.17, 15) is 0 Å². The molecule has 0 heterocycles. The van der Waals surface area contributed by atoms with Crippen molar-refractivity contribution in [1.82, 2.24) is 0 Å². The molecule has 1 rings (SSSR count). The smallest absolute Gasteiger partial charge is 0.0726 e. The van der Waals surface area contributed by atoms with Gasteiger partial charge in [-0.2, -0.15) is 5.26 Å². The second-order valence-electron chi connectivity index (χ2n) is 3.36. The maximum Gasteiger partial charge on any atom is 0.0726 e. The molecule has 1 unspecified atom stereocenters. The Morgan fingerprint density at radius 3 is 2.67 bits per heavy atom. The lowest BCUT2D eigenvalue weighted by atomic mass is 10.2. The standard InChI is InChI=1S/C12H13BrN2/c1-10-2-4-11(5-3-10)9-15-12(8-13)6-7-14/h2-5,9,12H,6,8H2,1H3. The van der Waals surface area contributed by atoms with E-state index >= 15 is 0 Å². The van der Waals surface area contributed by atoms with Gasteiger partial charge in [-0.15, -0.1) is 0 Å². The van der Waals surface area contributed by atoms with E-state index in [1.807, 2.05) is 18.3 Å². The van der Waals surface area contributed by atoms with Gasteiger partial charge >= 0.3 is 0 Å². The second-order valence-corrected chi connectivity index (χ2v) is 4.01. The van der Waals surface area contributed by atoms with Crippen molar-refractivity contribution in [2.75, 3.05) is 5.33 Å². The largest absolute Gasteiger partial charge is 0.287 e. The molecule has 0 bridgehead atoms. The number of halogens is 1. The molecule has 0 saturated carbocycles. The van der Waals surface area contributed by atoms with Crippen molar-refractivity contribution in [1.29, 1.82) is 5.26 Å². The Balaban J connectivity index is 2.64. The molecule has 15 heavy (non-hydrogen) atoms. The molecule has 0 aliphatic carbocycles. The van der Waals surface area contributed by atoms with Gasteiger partial charge in [-0.3, -0.25) is 4.99 Å². The fourth-order valence-corrected chi connectivity index (χ4v) is 1.49. The van der Waals surface area contributed by atoms with Crippen LogP contribution in [0.2, 0.25) is 0 Å². The van der Waals surface area contributed by atoms with Crippen LogP contribution in [0.15, 0.2) is 29.3 Å². The molecular formula is C12H13BrN2. The van der Waals surface area contributed by atoms with Crippen molar-refractivity contribution in [2.45, 2.75) is 19.4 Å². The van der Waals surface area contributed by atoms with Crippen LogP contribution in [0.1, 0.15) is 17.5 Å². The lowest BCUT2D eigenvalue weighted by Gasteiger charge is -2.02. The lowest BCUT2D eigenvalue weighted by Crippen LogP contribution is -2.04. The summed E-state index contributed by atoms with van der Waals surface area (Å²) in [6, 6.07) is 10.3. The van der Waals surface area contributed by atoms with Gasteiger partial charge in [-0.05, 0) is 12.5 Å². The van der Waals surface area contributed by atoms with Crippen molar-refractivity contribution in [3.05, 3.63) is 35.4 Å². The van der Waals surface area contributed by atoms with Crippen molar-refractivity contribution in [3.8, 4) is 6.07 Å². The minimum Gasteiger partial charge on any atom is -0.287 e. The maximum atomic E-state index is 8.56. The van der Waals surface area contributed by atoms with Gasteiger partial charge in [0.2, 0.25) is 0 Å². The molecule has 0 fully saturated rings. The van der Waals surface area contributed by atoms with Crippen LogP contribution in [0.5, 0.6) is 0 Å². The van der Waals surface area contributed by atoms with E-state index in [2.05, 4.69) is 46.0 Å². The van der Waals surface area contributed by atoms with E-state index in [4.69, 9.17) is 5.26 Å². The molecule has 0 spiro atoms. The number of hydrogen-bond donors (Lipinski definition) is 0. The monoisotopic (exact) mass is 264 g/mol. The van der Waals surface area contributed by atoms with Gasteiger partial charge < -0.3 is 0 Å². The van der Waals surface area contributed by atoms with Crippen molar-refractivity contribution in [3.63, 3.8) is 0 Å². The second kappa shape index (κ2) is 6.36. The molecule has 1 aromatic rings. The third-order valence-corrected chi connectivity index (χ3v) is 2.76. The van der Waals surface area contributed by atoms with Crippen LogP contribution in [-0.2, 0) is 0 Å². The highest BCUT2D eigenvalue weighted by atomic mass is 79.9. The van der Waals surface area contributed by atoms with Gasteiger partial charge in [-0.1, -0.05) is 45.8 Å². The summed E-state index contributed by atoms with van der Waals surface area (Å²) < 4.78 is 0. The minimum absolute atomic E-state index is 0.0521. The summed E-state index contributed by atoms with van der Waals surface area (Å²) in [5, 5.41) is 9.28. The van der Waals surface area contributed by atoms with Crippen LogP contribution in [0.3, 0.4) is 0 Å². The van der Waals surface area contributed by atoms with E-state index < -0.39 is 0 Å². The summed E-state index contributed by atoms with van der Waals surface area (Å²) in [6.07, 6.45) is 2.27. The van der Waals surface area contributed by atoms with E-state index in [0.717, 1.165) is 10.9 Å². The van der Waals surface area contributed by atoms with Crippen molar-refractivity contribution >= 4 is 22.1 Å². The van der Waals surface area contributed by atoms with Crippen LogP contribution in [0, 0.1) is 18.3 Å². The van der Waals surface area contributed by atoms with Crippen LogP contribution in [0.4, 0.5) is 0 Å². The summed E-state index contributed by atoms with van der Waals surface area (Å²) in [7, 11) is 0. The molecule has 0 aliphatic heterocycles. The first kappa shape index (κ1) is 11.9. The Bertz CT molecular complexity index is 362. The molecule has 0 radical (unpaired) electrons. The van der Waals surface area contributed by atoms with E-state index in [1.165, 1.54) is 5.56 Å². The Kier molecular flexibility index (Phi) is 5.06. The highest BCUT2D eigenvalue weighted by Gasteiger charge is 2.01. The Labute approximate surface area is 98.8 Å². The molecule has 78 valence electrons. The zero-order valence-electron chi connectivity index (χ0n) is 8.65. The quantitative estimate of drug-likeness (QED) is 0.608. The first-order valence-electron chi connectivity index (χ1n) is 4.79. The van der Waals surface area contributed by atoms with E-state index in [-0.39, 0.29) is 6.04 Å². The van der Waals surface area contributed by atoms with Gasteiger partial charge in [0.05, 0.1) is 18.5 Å². The number of alkyl halides is 1.